The van der Waals surface area contributed by atoms with E-state index in [0.29, 0.717) is 18.8 Å². The molecule has 0 bridgehead atoms. The summed E-state index contributed by atoms with van der Waals surface area (Å²) in [5.74, 6) is 1.43. The van der Waals surface area contributed by atoms with E-state index in [0.717, 1.165) is 11.5 Å². The van der Waals surface area contributed by atoms with Crippen LogP contribution >= 0.6 is 0 Å². The Morgan fingerprint density at radius 3 is 2.80 bits per heavy atom. The Balaban J connectivity index is 1.57. The number of carbonyl (C=O) groups excluding carboxylic acids is 1. The molecule has 0 fully saturated rings. The predicted molar refractivity (Wildman–Crippen MR) is 90.7 cm³/mol. The Morgan fingerprint density at radius 1 is 1.28 bits per heavy atom. The van der Waals surface area contributed by atoms with Gasteiger partial charge in [0.1, 0.15) is 29.9 Å². The second-order valence-corrected chi connectivity index (χ2v) is 5.74. The van der Waals surface area contributed by atoms with Crippen molar-refractivity contribution in [2.45, 2.75) is 26.1 Å². The summed E-state index contributed by atoms with van der Waals surface area (Å²) >= 11 is 0. The molecule has 0 spiro atoms. The molecule has 0 unspecified atom stereocenters. The van der Waals surface area contributed by atoms with Crippen LogP contribution in [0, 0.1) is 0 Å². The lowest BCUT2D eigenvalue weighted by Crippen LogP contribution is -2.32. The zero-order valence-electron chi connectivity index (χ0n) is 14.2. The summed E-state index contributed by atoms with van der Waals surface area (Å²) in [6.07, 6.45) is 3.32. The summed E-state index contributed by atoms with van der Waals surface area (Å²) < 4.78 is 12.5. The molecule has 2 heterocycles. The second kappa shape index (κ2) is 7.65. The third kappa shape index (κ3) is 4.26. The van der Waals surface area contributed by atoms with Crippen LogP contribution in [0.1, 0.15) is 24.4 Å². The predicted octanol–water partition coefficient (Wildman–Crippen LogP) is 2.67. The molecule has 0 aliphatic rings. The van der Waals surface area contributed by atoms with Gasteiger partial charge in [-0.25, -0.2) is 4.68 Å². The number of likely N-dealkylation sites (N-methyl/N-ethyl adjacent to an activating group) is 1. The Hall–Kier alpha value is -3.09. The van der Waals surface area contributed by atoms with Gasteiger partial charge in [-0.1, -0.05) is 23.4 Å². The van der Waals surface area contributed by atoms with E-state index in [1.54, 1.807) is 42.1 Å². The number of aromatic nitrogens is 3. The highest BCUT2D eigenvalue weighted by Crippen LogP contribution is 2.14. The largest absolute Gasteiger partial charge is 0.487 e. The van der Waals surface area contributed by atoms with E-state index in [4.69, 9.17) is 9.15 Å². The van der Waals surface area contributed by atoms with Crippen molar-refractivity contribution in [3.05, 3.63) is 66.4 Å². The molecule has 0 saturated heterocycles. The molecule has 3 rings (SSSR count). The van der Waals surface area contributed by atoms with Crippen LogP contribution in [0.2, 0.25) is 0 Å². The van der Waals surface area contributed by atoms with Crippen LogP contribution in [0.3, 0.4) is 0 Å². The van der Waals surface area contributed by atoms with Gasteiger partial charge in [0.2, 0.25) is 5.91 Å². The molecule has 0 aliphatic carbocycles. The lowest BCUT2D eigenvalue weighted by Gasteiger charge is -2.20. The lowest BCUT2D eigenvalue weighted by atomic mass is 10.3. The molecular weight excluding hydrogens is 320 g/mol. The fourth-order valence-electron chi connectivity index (χ4n) is 2.39. The average molecular weight is 340 g/mol. The monoisotopic (exact) mass is 340 g/mol. The van der Waals surface area contributed by atoms with Crippen LogP contribution in [0.25, 0.3) is 0 Å². The summed E-state index contributed by atoms with van der Waals surface area (Å²) in [5, 5.41) is 8.11. The first-order valence-electron chi connectivity index (χ1n) is 7.99. The molecule has 7 heteroatoms. The average Bonchev–Trinajstić information content (AvgIpc) is 3.31. The van der Waals surface area contributed by atoms with Crippen molar-refractivity contribution in [1.82, 2.24) is 19.9 Å². The van der Waals surface area contributed by atoms with Crippen molar-refractivity contribution in [2.24, 2.45) is 0 Å². The van der Waals surface area contributed by atoms with E-state index in [9.17, 15) is 4.79 Å². The molecule has 0 radical (unpaired) electrons. The topological polar surface area (TPSA) is 73.4 Å². The van der Waals surface area contributed by atoms with Crippen molar-refractivity contribution in [3.63, 3.8) is 0 Å². The molecule has 3 aromatic rings. The van der Waals surface area contributed by atoms with Crippen molar-refractivity contribution in [3.8, 4) is 5.75 Å². The van der Waals surface area contributed by atoms with Crippen molar-refractivity contribution >= 4 is 5.91 Å². The van der Waals surface area contributed by atoms with E-state index in [1.165, 1.54) is 0 Å². The van der Waals surface area contributed by atoms with Gasteiger partial charge in [-0.05, 0) is 31.2 Å². The molecule has 7 nitrogen and oxygen atoms in total. The standard InChI is InChI=1S/C18H20N4O3/c1-14(18(23)21(2)12-17-9-6-10-24-17)22-11-15(19-20-22)13-25-16-7-4-3-5-8-16/h3-11,14H,12-13H2,1-2H3/t14-/m1/s1. The molecule has 0 saturated carbocycles. The van der Waals surface area contributed by atoms with Crippen LogP contribution in [-0.2, 0) is 17.9 Å². The highest BCUT2D eigenvalue weighted by molar-refractivity contribution is 5.79. The Kier molecular flexibility index (Phi) is 5.13. The van der Waals surface area contributed by atoms with Gasteiger partial charge < -0.3 is 14.1 Å². The SMILES string of the molecule is C[C@H](C(=O)N(C)Cc1ccco1)n1cc(COc2ccccc2)nn1. The van der Waals surface area contributed by atoms with Gasteiger partial charge in [-0.15, -0.1) is 5.10 Å². The van der Waals surface area contributed by atoms with E-state index in [2.05, 4.69) is 10.3 Å². The number of carbonyl (C=O) groups is 1. The number of hydrogen-bond donors (Lipinski definition) is 0. The smallest absolute Gasteiger partial charge is 0.247 e. The van der Waals surface area contributed by atoms with Crippen LogP contribution in [0.15, 0.2) is 59.3 Å². The first-order chi connectivity index (χ1) is 12.1. The Morgan fingerprint density at radius 2 is 2.08 bits per heavy atom. The zero-order chi connectivity index (χ0) is 17.6. The third-order valence-electron chi connectivity index (χ3n) is 3.79. The molecule has 1 aromatic carbocycles. The van der Waals surface area contributed by atoms with Gasteiger partial charge >= 0.3 is 0 Å². The van der Waals surface area contributed by atoms with Gasteiger partial charge in [0.25, 0.3) is 0 Å². The van der Waals surface area contributed by atoms with Crippen LogP contribution in [0.5, 0.6) is 5.75 Å². The van der Waals surface area contributed by atoms with E-state index >= 15 is 0 Å². The summed E-state index contributed by atoms with van der Waals surface area (Å²) in [5.41, 5.74) is 0.664. The Bertz CT molecular complexity index is 799. The lowest BCUT2D eigenvalue weighted by molar-refractivity contribution is -0.134. The summed E-state index contributed by atoms with van der Waals surface area (Å²) in [6.45, 7) is 2.50. The van der Waals surface area contributed by atoms with Gasteiger partial charge in [0, 0.05) is 7.05 Å². The van der Waals surface area contributed by atoms with Crippen LogP contribution in [-0.4, -0.2) is 32.8 Å². The number of hydrogen-bond acceptors (Lipinski definition) is 5. The molecule has 0 N–H and O–H groups in total. The quantitative estimate of drug-likeness (QED) is 0.661. The molecule has 25 heavy (non-hydrogen) atoms. The third-order valence-corrected chi connectivity index (χ3v) is 3.79. The minimum absolute atomic E-state index is 0.0724. The van der Waals surface area contributed by atoms with Crippen molar-refractivity contribution < 1.29 is 13.9 Å². The minimum Gasteiger partial charge on any atom is -0.487 e. The maximum Gasteiger partial charge on any atom is 0.247 e. The molecule has 2 aromatic heterocycles. The highest BCUT2D eigenvalue weighted by atomic mass is 16.5. The number of furan rings is 1. The maximum atomic E-state index is 12.5. The molecule has 130 valence electrons. The van der Waals surface area contributed by atoms with Gasteiger partial charge in [-0.2, -0.15) is 0 Å². The maximum absolute atomic E-state index is 12.5. The number of benzene rings is 1. The molecular formula is C18H20N4O3. The number of rotatable bonds is 7. The van der Waals surface area contributed by atoms with Crippen molar-refractivity contribution in [2.75, 3.05) is 7.05 Å². The minimum atomic E-state index is -0.460. The second-order valence-electron chi connectivity index (χ2n) is 5.74. The Labute approximate surface area is 145 Å². The van der Waals surface area contributed by atoms with Gasteiger partial charge in [0.05, 0.1) is 19.0 Å². The summed E-state index contributed by atoms with van der Waals surface area (Å²) in [7, 11) is 1.73. The van der Waals surface area contributed by atoms with E-state index in [1.807, 2.05) is 36.4 Å². The number of ether oxygens (including phenoxy) is 1. The van der Waals surface area contributed by atoms with E-state index in [-0.39, 0.29) is 5.91 Å². The fraction of sp³-hybridized carbons (Fsp3) is 0.278. The van der Waals surface area contributed by atoms with E-state index < -0.39 is 6.04 Å². The summed E-state index contributed by atoms with van der Waals surface area (Å²) in [4.78, 5) is 14.1. The van der Waals surface area contributed by atoms with Crippen molar-refractivity contribution in [1.29, 1.82) is 0 Å². The fourth-order valence-corrected chi connectivity index (χ4v) is 2.39. The number of para-hydroxylation sites is 1. The first-order valence-corrected chi connectivity index (χ1v) is 7.99. The first kappa shape index (κ1) is 16.8. The van der Waals surface area contributed by atoms with Crippen LogP contribution < -0.4 is 4.74 Å². The normalized spacial score (nSPS) is 11.9. The molecule has 1 amide bonds. The molecule has 0 aliphatic heterocycles. The summed E-state index contributed by atoms with van der Waals surface area (Å²) in [6, 6.07) is 12.7. The molecule has 1 atom stereocenters. The van der Waals surface area contributed by atoms with Gasteiger partial charge in [-0.3, -0.25) is 4.79 Å². The number of amides is 1. The zero-order valence-corrected chi connectivity index (χ0v) is 14.2. The highest BCUT2D eigenvalue weighted by Gasteiger charge is 2.21. The number of nitrogens with zero attached hydrogens (tertiary/aromatic N) is 4. The van der Waals surface area contributed by atoms with Gasteiger partial charge in [0.15, 0.2) is 0 Å². The van der Waals surface area contributed by atoms with Crippen LogP contribution in [0.4, 0.5) is 0 Å².